The van der Waals surface area contributed by atoms with E-state index in [9.17, 15) is 9.59 Å². The second kappa shape index (κ2) is 7.84. The lowest BCUT2D eigenvalue weighted by molar-refractivity contribution is -0.119. The fraction of sp³-hybridized carbons (Fsp3) is 0.200. The number of aromatic nitrogens is 1. The molecule has 134 valence electrons. The zero-order valence-electron chi connectivity index (χ0n) is 14.8. The van der Waals surface area contributed by atoms with Gasteiger partial charge in [-0.15, -0.1) is 0 Å². The molecule has 1 aromatic heterocycles. The third-order valence-corrected chi connectivity index (χ3v) is 4.07. The molecule has 0 saturated carbocycles. The molecule has 0 unspecified atom stereocenters. The average Bonchev–Trinajstić information content (AvgIpc) is 2.91. The molecule has 3 N–H and O–H groups in total. The summed E-state index contributed by atoms with van der Waals surface area (Å²) < 4.78 is 4.79. The van der Waals surface area contributed by atoms with Gasteiger partial charge in [-0.25, -0.2) is 0 Å². The van der Waals surface area contributed by atoms with E-state index < -0.39 is 0 Å². The first kappa shape index (κ1) is 17.7. The van der Waals surface area contributed by atoms with Crippen molar-refractivity contribution in [2.45, 2.75) is 13.3 Å². The van der Waals surface area contributed by atoms with Crippen LogP contribution in [-0.4, -0.2) is 30.5 Å². The molecule has 2 aromatic carbocycles. The molecular formula is C20H21N3O3. The monoisotopic (exact) mass is 351 g/mol. The van der Waals surface area contributed by atoms with Gasteiger partial charge in [0.05, 0.1) is 6.42 Å². The molecular weight excluding hydrogens is 330 g/mol. The molecule has 0 radical (unpaired) electrons. The predicted octanol–water partition coefficient (Wildman–Crippen LogP) is 3.24. The molecule has 6 heteroatoms. The van der Waals surface area contributed by atoms with Crippen LogP contribution in [0, 0.1) is 6.92 Å². The summed E-state index contributed by atoms with van der Waals surface area (Å²) in [5, 5.41) is 6.65. The van der Waals surface area contributed by atoms with Crippen molar-refractivity contribution in [3.8, 4) is 0 Å². The lowest BCUT2D eigenvalue weighted by atomic mass is 10.1. The number of carbonyl (C=O) groups excluding carboxylic acids is 2. The molecule has 3 aromatic rings. The molecule has 0 atom stereocenters. The van der Waals surface area contributed by atoms with Gasteiger partial charge in [0.25, 0.3) is 0 Å². The van der Waals surface area contributed by atoms with E-state index in [1.807, 2.05) is 31.2 Å². The first-order valence-electron chi connectivity index (χ1n) is 8.31. The number of amides is 2. The molecule has 26 heavy (non-hydrogen) atoms. The summed E-state index contributed by atoms with van der Waals surface area (Å²) in [5.74, 6) is -0.358. The van der Waals surface area contributed by atoms with Gasteiger partial charge in [0.2, 0.25) is 11.8 Å². The van der Waals surface area contributed by atoms with Crippen LogP contribution in [0.1, 0.15) is 11.3 Å². The third kappa shape index (κ3) is 4.10. The van der Waals surface area contributed by atoms with E-state index in [0.29, 0.717) is 11.4 Å². The summed E-state index contributed by atoms with van der Waals surface area (Å²) in [6.07, 6.45) is 0.274. The number of hydrogen-bond acceptors (Lipinski definition) is 3. The fourth-order valence-corrected chi connectivity index (χ4v) is 2.93. The summed E-state index contributed by atoms with van der Waals surface area (Å²) in [6, 6.07) is 15.0. The third-order valence-electron chi connectivity index (χ3n) is 4.07. The Labute approximate surface area is 151 Å². The number of fused-ring (bicyclic) bond motifs is 1. The van der Waals surface area contributed by atoms with Gasteiger partial charge in [-0.3, -0.25) is 9.59 Å². The molecule has 1 heterocycles. The van der Waals surface area contributed by atoms with E-state index >= 15 is 0 Å². The Balaban J connectivity index is 1.70. The Morgan fingerprint density at radius 3 is 2.42 bits per heavy atom. The number of methoxy groups -OCH3 is 1. The quantitative estimate of drug-likeness (QED) is 0.637. The maximum absolute atomic E-state index is 12.5. The fourth-order valence-electron chi connectivity index (χ4n) is 2.93. The minimum absolute atomic E-state index is 0.0174. The van der Waals surface area contributed by atoms with E-state index in [1.165, 1.54) is 7.11 Å². The summed E-state index contributed by atoms with van der Waals surface area (Å²) in [4.78, 5) is 27.4. The largest absolute Gasteiger partial charge is 0.375 e. The molecule has 0 bridgehead atoms. The highest BCUT2D eigenvalue weighted by atomic mass is 16.5. The number of ether oxygens (including phenoxy) is 1. The van der Waals surface area contributed by atoms with Gasteiger partial charge in [-0.05, 0) is 36.8 Å². The van der Waals surface area contributed by atoms with Crippen LogP contribution < -0.4 is 10.6 Å². The Bertz CT molecular complexity index is 946. The molecule has 0 saturated heterocycles. The first-order chi connectivity index (χ1) is 12.6. The second-order valence-electron chi connectivity index (χ2n) is 6.06. The van der Waals surface area contributed by atoms with Crippen molar-refractivity contribution in [1.82, 2.24) is 4.98 Å². The lowest BCUT2D eigenvalue weighted by Gasteiger charge is -2.09. The maximum Gasteiger partial charge on any atom is 0.250 e. The van der Waals surface area contributed by atoms with Crippen LogP contribution in [0.3, 0.4) is 0 Å². The summed E-state index contributed by atoms with van der Waals surface area (Å²) in [5.41, 5.74) is 4.23. The Kier molecular flexibility index (Phi) is 5.34. The molecule has 3 rings (SSSR count). The normalized spacial score (nSPS) is 10.7. The van der Waals surface area contributed by atoms with Gasteiger partial charge in [-0.1, -0.05) is 24.3 Å². The van der Waals surface area contributed by atoms with E-state index in [0.717, 1.165) is 22.2 Å². The average molecular weight is 351 g/mol. The van der Waals surface area contributed by atoms with Gasteiger partial charge in [0.15, 0.2) is 0 Å². The molecule has 0 aliphatic heterocycles. The number of hydrogen-bond donors (Lipinski definition) is 3. The highest BCUT2D eigenvalue weighted by Crippen LogP contribution is 2.23. The van der Waals surface area contributed by atoms with Crippen molar-refractivity contribution in [3.05, 3.63) is 59.8 Å². The molecule has 0 aliphatic rings. The number of carbonyl (C=O) groups is 2. The number of nitrogens with one attached hydrogen (secondary N) is 3. The first-order valence-corrected chi connectivity index (χ1v) is 8.31. The topological polar surface area (TPSA) is 83.2 Å². The van der Waals surface area contributed by atoms with E-state index in [2.05, 4.69) is 15.6 Å². The Morgan fingerprint density at radius 2 is 1.69 bits per heavy atom. The molecule has 2 amide bonds. The Hall–Kier alpha value is -3.12. The van der Waals surface area contributed by atoms with Crippen molar-refractivity contribution in [2.75, 3.05) is 24.4 Å². The van der Waals surface area contributed by atoms with Gasteiger partial charge >= 0.3 is 0 Å². The molecule has 0 fully saturated rings. The standard InChI is InChI=1S/C20H21N3O3/c1-13-17(16-8-3-4-9-18(16)21-13)11-19(24)22-14-6-5-7-15(10-14)23-20(25)12-26-2/h3-10,21H,11-12H2,1-2H3,(H,22,24)(H,23,25). The predicted molar refractivity (Wildman–Crippen MR) is 102 cm³/mol. The highest BCUT2D eigenvalue weighted by molar-refractivity contribution is 5.97. The van der Waals surface area contributed by atoms with Crippen LogP contribution in [0.4, 0.5) is 11.4 Å². The van der Waals surface area contributed by atoms with Crippen molar-refractivity contribution < 1.29 is 14.3 Å². The summed E-state index contributed by atoms with van der Waals surface area (Å²) in [6.45, 7) is 1.95. The SMILES string of the molecule is COCC(=O)Nc1cccc(NC(=O)Cc2c(C)[nH]c3ccccc23)c1. The van der Waals surface area contributed by atoms with Crippen LogP contribution in [0.25, 0.3) is 10.9 Å². The number of H-pyrrole nitrogens is 1. The molecule has 0 aliphatic carbocycles. The van der Waals surface area contributed by atoms with Crippen LogP contribution in [0.2, 0.25) is 0 Å². The van der Waals surface area contributed by atoms with Gasteiger partial charge in [0, 0.05) is 35.1 Å². The van der Waals surface area contributed by atoms with E-state index in [1.54, 1.807) is 24.3 Å². The molecule has 0 spiro atoms. The number of aryl methyl sites for hydroxylation is 1. The van der Waals surface area contributed by atoms with Crippen molar-refractivity contribution in [1.29, 1.82) is 0 Å². The van der Waals surface area contributed by atoms with Crippen LogP contribution in [0.5, 0.6) is 0 Å². The van der Waals surface area contributed by atoms with Crippen molar-refractivity contribution in [2.24, 2.45) is 0 Å². The zero-order chi connectivity index (χ0) is 18.5. The summed E-state index contributed by atoms with van der Waals surface area (Å²) in [7, 11) is 1.46. The van der Waals surface area contributed by atoms with Crippen molar-refractivity contribution in [3.63, 3.8) is 0 Å². The molecule has 6 nitrogen and oxygen atoms in total. The van der Waals surface area contributed by atoms with Crippen molar-refractivity contribution >= 4 is 34.1 Å². The van der Waals surface area contributed by atoms with E-state index in [-0.39, 0.29) is 24.8 Å². The smallest absolute Gasteiger partial charge is 0.250 e. The van der Waals surface area contributed by atoms with Crippen LogP contribution >= 0.6 is 0 Å². The second-order valence-corrected chi connectivity index (χ2v) is 6.06. The minimum atomic E-state index is -0.245. The maximum atomic E-state index is 12.5. The van der Waals surface area contributed by atoms with Crippen LogP contribution in [-0.2, 0) is 20.7 Å². The number of anilines is 2. The van der Waals surface area contributed by atoms with Gasteiger partial charge in [0.1, 0.15) is 6.61 Å². The van der Waals surface area contributed by atoms with Gasteiger partial charge < -0.3 is 20.4 Å². The number of aromatic amines is 1. The minimum Gasteiger partial charge on any atom is -0.375 e. The highest BCUT2D eigenvalue weighted by Gasteiger charge is 2.12. The number of rotatable bonds is 6. The van der Waals surface area contributed by atoms with Crippen LogP contribution in [0.15, 0.2) is 48.5 Å². The Morgan fingerprint density at radius 1 is 1.00 bits per heavy atom. The lowest BCUT2D eigenvalue weighted by Crippen LogP contribution is -2.18. The number of para-hydroxylation sites is 1. The van der Waals surface area contributed by atoms with Gasteiger partial charge in [-0.2, -0.15) is 0 Å². The van der Waals surface area contributed by atoms with E-state index in [4.69, 9.17) is 4.74 Å². The number of benzene rings is 2. The summed E-state index contributed by atoms with van der Waals surface area (Å²) >= 11 is 0. The zero-order valence-corrected chi connectivity index (χ0v) is 14.8.